The Hall–Kier alpha value is -2.94. The van der Waals surface area contributed by atoms with Gasteiger partial charge in [0.05, 0.1) is 0 Å². The molecule has 2 aromatic rings. The van der Waals surface area contributed by atoms with Gasteiger partial charge in [0.25, 0.3) is 5.91 Å². The minimum Gasteiger partial charge on any atom is -0.371 e. The first-order valence-electron chi connectivity index (χ1n) is 12.1. The summed E-state index contributed by atoms with van der Waals surface area (Å²) in [5.41, 5.74) is 8.20. The normalized spacial score (nSPS) is 20.9. The average molecular weight is 451 g/mol. The summed E-state index contributed by atoms with van der Waals surface area (Å²) in [5, 5.41) is 14.5. The van der Waals surface area contributed by atoms with Crippen molar-refractivity contribution < 1.29 is 4.79 Å². The van der Waals surface area contributed by atoms with Gasteiger partial charge in [-0.2, -0.15) is 4.98 Å². The maximum Gasteiger partial charge on any atom is 0.273 e. The molecule has 2 saturated heterocycles. The molecule has 5 rings (SSSR count). The maximum absolute atomic E-state index is 11.7. The summed E-state index contributed by atoms with van der Waals surface area (Å²) in [5.74, 6) is 0.116. The Morgan fingerprint density at radius 2 is 1.70 bits per heavy atom. The fourth-order valence-corrected chi connectivity index (χ4v) is 5.11. The molecule has 1 amide bonds. The SMILES string of the molecule is CN1CCC2(CC1)CCN(c1ccc(Nc3nnc(C(N)=O)c(NC4CCC4)n3)cc1)CC2. The van der Waals surface area contributed by atoms with Gasteiger partial charge in [0.15, 0.2) is 11.5 Å². The summed E-state index contributed by atoms with van der Waals surface area (Å²) in [6.07, 6.45) is 8.52. The maximum atomic E-state index is 11.7. The highest BCUT2D eigenvalue weighted by atomic mass is 16.1. The van der Waals surface area contributed by atoms with Crippen LogP contribution in [0.2, 0.25) is 0 Å². The second-order valence-electron chi connectivity index (χ2n) is 9.93. The van der Waals surface area contributed by atoms with Gasteiger partial charge in [-0.05, 0) is 94.8 Å². The number of carbonyl (C=O) groups is 1. The van der Waals surface area contributed by atoms with Crippen molar-refractivity contribution in [3.05, 3.63) is 30.0 Å². The van der Waals surface area contributed by atoms with Crippen LogP contribution in [0.25, 0.3) is 0 Å². The number of benzene rings is 1. The van der Waals surface area contributed by atoms with Crippen LogP contribution in [-0.2, 0) is 0 Å². The van der Waals surface area contributed by atoms with Crippen LogP contribution in [0.5, 0.6) is 0 Å². The highest BCUT2D eigenvalue weighted by Crippen LogP contribution is 2.42. The second kappa shape index (κ2) is 9.13. The van der Waals surface area contributed by atoms with E-state index in [1.165, 1.54) is 50.9 Å². The zero-order valence-electron chi connectivity index (χ0n) is 19.4. The van der Waals surface area contributed by atoms with Crippen molar-refractivity contribution in [1.29, 1.82) is 0 Å². The largest absolute Gasteiger partial charge is 0.371 e. The summed E-state index contributed by atoms with van der Waals surface area (Å²) in [6, 6.07) is 8.69. The molecule has 3 heterocycles. The Labute approximate surface area is 195 Å². The molecule has 0 radical (unpaired) electrons. The summed E-state index contributed by atoms with van der Waals surface area (Å²) in [7, 11) is 2.23. The summed E-state index contributed by atoms with van der Waals surface area (Å²) in [4.78, 5) is 21.1. The van der Waals surface area contributed by atoms with Crippen LogP contribution in [0, 0.1) is 5.41 Å². The Balaban J connectivity index is 1.21. The van der Waals surface area contributed by atoms with Crippen LogP contribution in [0.3, 0.4) is 0 Å². The third kappa shape index (κ3) is 4.88. The van der Waals surface area contributed by atoms with E-state index in [1.54, 1.807) is 0 Å². The van der Waals surface area contributed by atoms with Gasteiger partial charge >= 0.3 is 0 Å². The molecule has 3 fully saturated rings. The van der Waals surface area contributed by atoms with Gasteiger partial charge in [-0.25, -0.2) is 0 Å². The molecule has 9 heteroatoms. The number of aromatic nitrogens is 3. The second-order valence-corrected chi connectivity index (χ2v) is 9.93. The number of amides is 1. The van der Waals surface area contributed by atoms with Crippen molar-refractivity contribution >= 4 is 29.0 Å². The zero-order chi connectivity index (χ0) is 22.8. The summed E-state index contributed by atoms with van der Waals surface area (Å²) >= 11 is 0. The number of primary amides is 1. The molecule has 1 aromatic heterocycles. The van der Waals surface area contributed by atoms with E-state index in [1.807, 2.05) is 12.1 Å². The molecule has 0 bridgehead atoms. The molecule has 1 spiro atoms. The molecule has 9 nitrogen and oxygen atoms in total. The van der Waals surface area contributed by atoms with E-state index < -0.39 is 5.91 Å². The Kier molecular flexibility index (Phi) is 6.05. The molecule has 1 aromatic carbocycles. The fraction of sp³-hybridized carbons (Fsp3) is 0.583. The molecule has 0 unspecified atom stereocenters. The van der Waals surface area contributed by atoms with E-state index >= 15 is 0 Å². The van der Waals surface area contributed by atoms with Crippen LogP contribution < -0.4 is 21.3 Å². The number of nitrogens with one attached hydrogen (secondary N) is 2. The average Bonchev–Trinajstić information content (AvgIpc) is 2.80. The van der Waals surface area contributed by atoms with Crippen molar-refractivity contribution in [1.82, 2.24) is 20.1 Å². The third-order valence-electron chi connectivity index (χ3n) is 7.73. The van der Waals surface area contributed by atoms with Crippen molar-refractivity contribution in [2.24, 2.45) is 11.1 Å². The zero-order valence-corrected chi connectivity index (χ0v) is 19.4. The van der Waals surface area contributed by atoms with Gasteiger partial charge < -0.3 is 26.2 Å². The Bertz CT molecular complexity index is 972. The standard InChI is InChI=1S/C24H34N8O/c1-31-13-9-24(10-14-31)11-15-32(16-12-24)19-7-5-18(6-8-19)27-23-28-22(26-17-3-2-4-17)20(21(25)33)29-30-23/h5-8,17H,2-4,9-16H2,1H3,(H2,25,33)(H2,26,27,28,30). The van der Waals surface area contributed by atoms with E-state index in [9.17, 15) is 4.79 Å². The molecule has 1 saturated carbocycles. The summed E-state index contributed by atoms with van der Waals surface area (Å²) in [6.45, 7) is 4.70. The molecular formula is C24H34N8O. The quantitative estimate of drug-likeness (QED) is 0.616. The molecule has 3 aliphatic rings. The van der Waals surface area contributed by atoms with Gasteiger partial charge in [-0.15, -0.1) is 10.2 Å². The van der Waals surface area contributed by atoms with E-state index in [-0.39, 0.29) is 5.69 Å². The molecule has 4 N–H and O–H groups in total. The van der Waals surface area contributed by atoms with Gasteiger partial charge in [-0.3, -0.25) is 4.79 Å². The fourth-order valence-electron chi connectivity index (χ4n) is 5.11. The number of likely N-dealkylation sites (tertiary alicyclic amines) is 1. The minimum absolute atomic E-state index is 0.0790. The van der Waals surface area contributed by atoms with E-state index in [0.29, 0.717) is 23.2 Å². The highest BCUT2D eigenvalue weighted by Gasteiger charge is 2.36. The first-order chi connectivity index (χ1) is 16.0. The topological polar surface area (TPSA) is 112 Å². The lowest BCUT2D eigenvalue weighted by Crippen LogP contribution is -2.46. The lowest BCUT2D eigenvalue weighted by Gasteiger charge is -2.46. The Morgan fingerprint density at radius 1 is 1.03 bits per heavy atom. The van der Waals surface area contributed by atoms with Crippen LogP contribution in [0.4, 0.5) is 23.1 Å². The van der Waals surface area contributed by atoms with Gasteiger partial charge in [0.1, 0.15) is 0 Å². The molecule has 1 aliphatic carbocycles. The number of rotatable bonds is 6. The number of piperidine rings is 2. The van der Waals surface area contributed by atoms with E-state index in [4.69, 9.17) is 5.73 Å². The molecule has 176 valence electrons. The van der Waals surface area contributed by atoms with E-state index in [2.05, 4.69) is 54.8 Å². The molecular weight excluding hydrogens is 416 g/mol. The van der Waals surface area contributed by atoms with E-state index in [0.717, 1.165) is 31.6 Å². The number of carbonyl (C=O) groups excluding carboxylic acids is 1. The predicted molar refractivity (Wildman–Crippen MR) is 130 cm³/mol. The number of nitrogens with two attached hydrogens (primary N) is 1. The minimum atomic E-state index is -0.628. The molecule has 0 atom stereocenters. The van der Waals surface area contributed by atoms with Crippen LogP contribution >= 0.6 is 0 Å². The smallest absolute Gasteiger partial charge is 0.273 e. The molecule has 2 aliphatic heterocycles. The van der Waals surface area contributed by atoms with Crippen LogP contribution in [0.1, 0.15) is 55.4 Å². The van der Waals surface area contributed by atoms with Crippen LogP contribution in [0.15, 0.2) is 24.3 Å². The monoisotopic (exact) mass is 450 g/mol. The third-order valence-corrected chi connectivity index (χ3v) is 7.73. The summed E-state index contributed by atoms with van der Waals surface area (Å²) < 4.78 is 0. The van der Waals surface area contributed by atoms with Gasteiger partial charge in [0.2, 0.25) is 5.95 Å². The van der Waals surface area contributed by atoms with Crippen molar-refractivity contribution in [3.8, 4) is 0 Å². The number of nitrogens with zero attached hydrogens (tertiary/aromatic N) is 5. The number of anilines is 4. The van der Waals surface area contributed by atoms with Crippen molar-refractivity contribution in [2.75, 3.05) is 48.8 Å². The van der Waals surface area contributed by atoms with Crippen LogP contribution in [-0.4, -0.2) is 65.3 Å². The highest BCUT2D eigenvalue weighted by molar-refractivity contribution is 5.95. The van der Waals surface area contributed by atoms with Crippen molar-refractivity contribution in [3.63, 3.8) is 0 Å². The first kappa shape index (κ1) is 21.9. The number of hydrogen-bond acceptors (Lipinski definition) is 8. The lowest BCUT2D eigenvalue weighted by atomic mass is 9.71. The van der Waals surface area contributed by atoms with Crippen molar-refractivity contribution in [2.45, 2.75) is 51.0 Å². The number of hydrogen-bond donors (Lipinski definition) is 3. The van der Waals surface area contributed by atoms with Gasteiger partial charge in [0, 0.05) is 30.5 Å². The first-order valence-corrected chi connectivity index (χ1v) is 12.1. The molecule has 33 heavy (non-hydrogen) atoms. The Morgan fingerprint density at radius 3 is 2.30 bits per heavy atom. The predicted octanol–water partition coefficient (Wildman–Crippen LogP) is 2.99. The lowest BCUT2D eigenvalue weighted by molar-refractivity contribution is 0.0945. The van der Waals surface area contributed by atoms with Gasteiger partial charge in [-0.1, -0.05) is 0 Å².